The van der Waals surface area contributed by atoms with Crippen LogP contribution in [0.15, 0.2) is 54.7 Å². The number of aromatic nitrogens is 1. The highest BCUT2D eigenvalue weighted by atomic mass is 32.1. The van der Waals surface area contributed by atoms with Crippen molar-refractivity contribution in [1.29, 1.82) is 0 Å². The monoisotopic (exact) mass is 470 g/mol. The van der Waals surface area contributed by atoms with E-state index in [1.165, 1.54) is 12.1 Å². The van der Waals surface area contributed by atoms with E-state index in [9.17, 15) is 24.6 Å². The number of carbonyl (C=O) groups is 3. The Bertz CT molecular complexity index is 1130. The molecule has 3 aromatic rings. The number of carbonyl (C=O) groups excluding carboxylic acids is 2. The molecule has 7 N–H and O–H groups in total. The summed E-state index contributed by atoms with van der Waals surface area (Å²) in [5.74, 6) is -2.42. The Morgan fingerprint density at radius 1 is 0.970 bits per heavy atom. The number of rotatable bonds is 10. The number of phenols is 1. The van der Waals surface area contributed by atoms with Gasteiger partial charge in [0.25, 0.3) is 0 Å². The molecule has 0 bridgehead atoms. The molecular formula is C23H26N4O5S. The fourth-order valence-electron chi connectivity index (χ4n) is 3.44. The molecule has 0 saturated heterocycles. The van der Waals surface area contributed by atoms with Gasteiger partial charge in [0, 0.05) is 29.3 Å². The number of aliphatic carboxylic acids is 1. The summed E-state index contributed by atoms with van der Waals surface area (Å²) in [5.41, 5.74) is 8.46. The van der Waals surface area contributed by atoms with Gasteiger partial charge in [0.15, 0.2) is 0 Å². The van der Waals surface area contributed by atoms with E-state index in [2.05, 4.69) is 28.2 Å². The minimum atomic E-state index is -1.22. The van der Waals surface area contributed by atoms with Crippen molar-refractivity contribution in [2.45, 2.75) is 31.0 Å². The summed E-state index contributed by atoms with van der Waals surface area (Å²) in [6.45, 7) is 0. The first-order valence-electron chi connectivity index (χ1n) is 10.3. The van der Waals surface area contributed by atoms with Gasteiger partial charge in [-0.1, -0.05) is 30.3 Å². The lowest BCUT2D eigenvalue weighted by Crippen LogP contribution is -2.55. The fourth-order valence-corrected chi connectivity index (χ4v) is 3.69. The summed E-state index contributed by atoms with van der Waals surface area (Å²) in [6.07, 6.45) is 2.08. The Kier molecular flexibility index (Phi) is 7.96. The van der Waals surface area contributed by atoms with Crippen LogP contribution in [0.5, 0.6) is 5.75 Å². The van der Waals surface area contributed by atoms with Crippen LogP contribution >= 0.6 is 12.6 Å². The third-order valence-corrected chi connectivity index (χ3v) is 5.62. The van der Waals surface area contributed by atoms with Gasteiger partial charge in [0.2, 0.25) is 11.8 Å². The van der Waals surface area contributed by atoms with E-state index < -0.39 is 35.9 Å². The minimum Gasteiger partial charge on any atom is -0.508 e. The molecule has 1 heterocycles. The van der Waals surface area contributed by atoms with Crippen molar-refractivity contribution in [1.82, 2.24) is 15.6 Å². The van der Waals surface area contributed by atoms with E-state index in [-0.39, 0.29) is 24.3 Å². The average molecular weight is 471 g/mol. The molecule has 1 aromatic heterocycles. The molecule has 33 heavy (non-hydrogen) atoms. The van der Waals surface area contributed by atoms with Crippen LogP contribution < -0.4 is 16.4 Å². The Labute approximate surface area is 195 Å². The lowest BCUT2D eigenvalue weighted by Gasteiger charge is -2.22. The van der Waals surface area contributed by atoms with Crippen molar-refractivity contribution in [3.63, 3.8) is 0 Å². The van der Waals surface area contributed by atoms with E-state index in [0.717, 1.165) is 22.0 Å². The van der Waals surface area contributed by atoms with Gasteiger partial charge in [-0.15, -0.1) is 0 Å². The topological polar surface area (TPSA) is 158 Å². The van der Waals surface area contributed by atoms with Crippen molar-refractivity contribution in [2.24, 2.45) is 5.73 Å². The van der Waals surface area contributed by atoms with Crippen molar-refractivity contribution >= 4 is 41.3 Å². The van der Waals surface area contributed by atoms with E-state index in [0.29, 0.717) is 0 Å². The summed E-state index contributed by atoms with van der Waals surface area (Å²) in [5, 5.41) is 24.6. The minimum absolute atomic E-state index is 0.101. The maximum absolute atomic E-state index is 12.9. The summed E-state index contributed by atoms with van der Waals surface area (Å²) in [7, 11) is 0. The number of carboxylic acid groups (broad SMARTS) is 1. The Hall–Kier alpha value is -3.50. The van der Waals surface area contributed by atoms with Crippen LogP contribution in [0.3, 0.4) is 0 Å². The number of benzene rings is 2. The standard InChI is InChI=1S/C23H26N4O5S/c24-17(9-13-5-7-15(28)8-6-13)21(29)26-19(22(30)27-20(12-33)23(31)32)10-14-11-25-18-4-2-1-3-16(14)18/h1-8,11,17,19-20,25,28,33H,9-10,12,24H2,(H,26,29)(H,27,30)(H,31,32)/t17-,19-,20-/m0/s1. The summed E-state index contributed by atoms with van der Waals surface area (Å²) in [4.78, 5) is 40.2. The molecule has 9 nitrogen and oxygen atoms in total. The Morgan fingerprint density at radius 2 is 1.64 bits per heavy atom. The third-order valence-electron chi connectivity index (χ3n) is 5.26. The Morgan fingerprint density at radius 3 is 2.30 bits per heavy atom. The van der Waals surface area contributed by atoms with Gasteiger partial charge in [-0.3, -0.25) is 9.59 Å². The van der Waals surface area contributed by atoms with Crippen molar-refractivity contribution in [2.75, 3.05) is 5.75 Å². The molecule has 0 spiro atoms. The van der Waals surface area contributed by atoms with Gasteiger partial charge < -0.3 is 31.6 Å². The molecule has 0 radical (unpaired) electrons. The molecule has 10 heteroatoms. The molecule has 3 rings (SSSR count). The lowest BCUT2D eigenvalue weighted by molar-refractivity contribution is -0.141. The average Bonchev–Trinajstić information content (AvgIpc) is 3.20. The zero-order chi connectivity index (χ0) is 24.0. The lowest BCUT2D eigenvalue weighted by atomic mass is 10.0. The van der Waals surface area contributed by atoms with Crippen molar-refractivity contribution < 1.29 is 24.6 Å². The van der Waals surface area contributed by atoms with E-state index >= 15 is 0 Å². The molecule has 174 valence electrons. The number of nitrogens with two attached hydrogens (primary N) is 1. The van der Waals surface area contributed by atoms with Crippen molar-refractivity contribution in [3.05, 3.63) is 65.9 Å². The third kappa shape index (κ3) is 6.27. The zero-order valence-electron chi connectivity index (χ0n) is 17.7. The van der Waals surface area contributed by atoms with Crippen LogP contribution in [0.2, 0.25) is 0 Å². The molecular weight excluding hydrogens is 444 g/mol. The molecule has 0 aliphatic rings. The first kappa shape index (κ1) is 24.1. The Balaban J connectivity index is 1.77. The second-order valence-electron chi connectivity index (χ2n) is 7.68. The molecule has 2 amide bonds. The number of carboxylic acids is 1. The number of phenolic OH excluding ortho intramolecular Hbond substituents is 1. The highest BCUT2D eigenvalue weighted by Crippen LogP contribution is 2.19. The predicted molar refractivity (Wildman–Crippen MR) is 127 cm³/mol. The maximum Gasteiger partial charge on any atom is 0.327 e. The van der Waals surface area contributed by atoms with Crippen molar-refractivity contribution in [3.8, 4) is 5.75 Å². The molecule has 0 saturated carbocycles. The maximum atomic E-state index is 12.9. The smallest absolute Gasteiger partial charge is 0.327 e. The first-order chi connectivity index (χ1) is 15.8. The van der Waals surface area contributed by atoms with Crippen LogP contribution in [0, 0.1) is 0 Å². The van der Waals surface area contributed by atoms with Gasteiger partial charge in [0.1, 0.15) is 17.8 Å². The summed E-state index contributed by atoms with van der Waals surface area (Å²) in [6, 6.07) is 10.6. The van der Waals surface area contributed by atoms with Gasteiger partial charge >= 0.3 is 5.97 Å². The highest BCUT2D eigenvalue weighted by molar-refractivity contribution is 7.80. The number of amides is 2. The second kappa shape index (κ2) is 10.9. The van der Waals surface area contributed by atoms with Crippen LogP contribution in [-0.4, -0.2) is 56.9 Å². The number of para-hydroxylation sites is 1. The normalized spacial score (nSPS) is 13.8. The number of nitrogens with one attached hydrogen (secondary N) is 3. The number of hydrogen-bond donors (Lipinski definition) is 7. The SMILES string of the molecule is N[C@@H](Cc1ccc(O)cc1)C(=O)N[C@@H](Cc1c[nH]c2ccccc12)C(=O)N[C@@H](CS)C(=O)O. The van der Waals surface area contributed by atoms with E-state index in [4.69, 9.17) is 5.73 Å². The quantitative estimate of drug-likeness (QED) is 0.219. The number of hydrogen-bond acceptors (Lipinski definition) is 6. The van der Waals surface area contributed by atoms with Gasteiger partial charge in [-0.2, -0.15) is 12.6 Å². The van der Waals surface area contributed by atoms with Crippen LogP contribution in [0.25, 0.3) is 10.9 Å². The number of H-pyrrole nitrogens is 1. The number of fused-ring (bicyclic) bond motifs is 1. The van der Waals surface area contributed by atoms with E-state index in [1.54, 1.807) is 18.3 Å². The number of aromatic amines is 1. The summed E-state index contributed by atoms with van der Waals surface area (Å²) < 4.78 is 0. The second-order valence-corrected chi connectivity index (χ2v) is 8.05. The highest BCUT2D eigenvalue weighted by Gasteiger charge is 2.28. The molecule has 0 fully saturated rings. The number of thiol groups is 1. The molecule has 0 unspecified atom stereocenters. The van der Waals surface area contributed by atoms with Gasteiger partial charge in [-0.05, 0) is 35.7 Å². The fraction of sp³-hybridized carbons (Fsp3) is 0.261. The van der Waals surface area contributed by atoms with Crippen LogP contribution in [0.1, 0.15) is 11.1 Å². The summed E-state index contributed by atoms with van der Waals surface area (Å²) >= 11 is 3.98. The van der Waals surface area contributed by atoms with E-state index in [1.807, 2.05) is 24.3 Å². The van der Waals surface area contributed by atoms with Gasteiger partial charge in [-0.25, -0.2) is 4.79 Å². The van der Waals surface area contributed by atoms with Crippen LogP contribution in [-0.2, 0) is 27.2 Å². The first-order valence-corrected chi connectivity index (χ1v) is 10.9. The molecule has 3 atom stereocenters. The van der Waals surface area contributed by atoms with Crippen LogP contribution in [0.4, 0.5) is 0 Å². The van der Waals surface area contributed by atoms with Gasteiger partial charge in [0.05, 0.1) is 6.04 Å². The number of aromatic hydroxyl groups is 1. The molecule has 0 aliphatic carbocycles. The predicted octanol–water partition coefficient (Wildman–Crippen LogP) is 0.970. The molecule has 2 aromatic carbocycles. The zero-order valence-corrected chi connectivity index (χ0v) is 18.6. The largest absolute Gasteiger partial charge is 0.508 e. The molecule has 0 aliphatic heterocycles.